The van der Waals surface area contributed by atoms with Crippen LogP contribution in [-0.4, -0.2) is 45.7 Å². The van der Waals surface area contributed by atoms with Gasteiger partial charge in [-0.2, -0.15) is 0 Å². The summed E-state index contributed by atoms with van der Waals surface area (Å²) >= 11 is 0. The lowest BCUT2D eigenvalue weighted by Crippen LogP contribution is -2.38. The van der Waals surface area contributed by atoms with Crippen LogP contribution in [0.15, 0.2) is 73.3 Å². The van der Waals surface area contributed by atoms with Crippen molar-refractivity contribution in [1.82, 2.24) is 15.0 Å². The molecule has 4 heterocycles. The molecule has 1 aromatic carbocycles. The molecule has 0 aliphatic carbocycles. The fourth-order valence-corrected chi connectivity index (χ4v) is 4.48. The van der Waals surface area contributed by atoms with E-state index in [0.717, 1.165) is 42.5 Å². The summed E-state index contributed by atoms with van der Waals surface area (Å²) < 4.78 is 0. The summed E-state index contributed by atoms with van der Waals surface area (Å²) in [5.74, 6) is -0.0508. The van der Waals surface area contributed by atoms with E-state index in [4.69, 9.17) is 0 Å². The van der Waals surface area contributed by atoms with E-state index >= 15 is 0 Å². The molecule has 0 saturated carbocycles. The number of carbonyl (C=O) groups is 1. The summed E-state index contributed by atoms with van der Waals surface area (Å²) in [4.78, 5) is 28.2. The summed E-state index contributed by atoms with van der Waals surface area (Å²) in [7, 11) is 0. The molecule has 2 N–H and O–H groups in total. The second kappa shape index (κ2) is 8.70. The Hall–Kier alpha value is -3.87. The number of carboxylic acid groups (broad SMARTS) is 1. The van der Waals surface area contributed by atoms with Crippen LogP contribution in [0.3, 0.4) is 0 Å². The van der Waals surface area contributed by atoms with Gasteiger partial charge in [0.25, 0.3) is 0 Å². The summed E-state index contributed by atoms with van der Waals surface area (Å²) in [5.41, 5.74) is 3.38. The topological polar surface area (TPSA) is 85.3 Å². The van der Waals surface area contributed by atoms with Gasteiger partial charge in [-0.05, 0) is 66.6 Å². The van der Waals surface area contributed by atoms with Crippen molar-refractivity contribution in [1.29, 1.82) is 0 Å². The van der Waals surface area contributed by atoms with Gasteiger partial charge in [-0.3, -0.25) is 4.98 Å². The first-order valence-electron chi connectivity index (χ1n) is 10.9. The van der Waals surface area contributed by atoms with Crippen LogP contribution in [0, 0.1) is 5.92 Å². The number of anilines is 3. The number of aromatic carboxylic acids is 1. The minimum absolute atomic E-state index is 0.216. The van der Waals surface area contributed by atoms with Crippen molar-refractivity contribution in [3.8, 4) is 0 Å². The van der Waals surface area contributed by atoms with Gasteiger partial charge in [-0.1, -0.05) is 6.07 Å². The van der Waals surface area contributed by atoms with Crippen LogP contribution < -0.4 is 9.80 Å². The number of aromatic amines is 1. The highest BCUT2D eigenvalue weighted by Crippen LogP contribution is 2.32. The first-order chi connectivity index (χ1) is 15.7. The second-order valence-corrected chi connectivity index (χ2v) is 8.18. The predicted octanol–water partition coefficient (Wildman–Crippen LogP) is 4.71. The summed E-state index contributed by atoms with van der Waals surface area (Å²) in [6.45, 7) is 2.64. The van der Waals surface area contributed by atoms with Gasteiger partial charge in [0.05, 0.1) is 0 Å². The van der Waals surface area contributed by atoms with E-state index in [9.17, 15) is 9.90 Å². The minimum atomic E-state index is -0.966. The SMILES string of the molecule is O=C(O)c1cccnc1N(CC1CCN(c2ccncc2)CC1)c1ccc2cc[nH]c2c1. The number of pyridine rings is 2. The first-order valence-corrected chi connectivity index (χ1v) is 10.9. The standard InChI is InChI=1S/C25H25N5O2/c31-25(32)22-2-1-10-28-24(22)30(21-4-3-19-5-13-27-23(19)16-21)17-18-8-14-29(15-9-18)20-6-11-26-12-7-20/h1-7,10-13,16,18,27H,8-9,14-15,17H2,(H,31,32). The van der Waals surface area contributed by atoms with E-state index in [-0.39, 0.29) is 5.56 Å². The molecule has 0 bridgehead atoms. The Bertz CT molecular complexity index is 1220. The van der Waals surface area contributed by atoms with Crippen LogP contribution in [0.1, 0.15) is 23.2 Å². The molecule has 0 radical (unpaired) electrons. The summed E-state index contributed by atoms with van der Waals surface area (Å²) in [5, 5.41) is 10.9. The highest BCUT2D eigenvalue weighted by atomic mass is 16.4. The van der Waals surface area contributed by atoms with Gasteiger partial charge in [-0.25, -0.2) is 9.78 Å². The second-order valence-electron chi connectivity index (χ2n) is 8.18. The number of nitrogens with zero attached hydrogens (tertiary/aromatic N) is 4. The number of aromatic nitrogens is 3. The zero-order valence-electron chi connectivity index (χ0n) is 17.7. The maximum absolute atomic E-state index is 11.9. The zero-order valence-corrected chi connectivity index (χ0v) is 17.7. The highest BCUT2D eigenvalue weighted by Gasteiger charge is 2.26. The van der Waals surface area contributed by atoms with Crippen LogP contribution in [0.2, 0.25) is 0 Å². The number of benzene rings is 1. The van der Waals surface area contributed by atoms with Gasteiger partial charge < -0.3 is 19.9 Å². The average Bonchev–Trinajstić information content (AvgIpc) is 3.31. The molecule has 0 amide bonds. The molecule has 32 heavy (non-hydrogen) atoms. The zero-order chi connectivity index (χ0) is 21.9. The number of piperidine rings is 1. The van der Waals surface area contributed by atoms with Crippen molar-refractivity contribution in [2.45, 2.75) is 12.8 Å². The van der Waals surface area contributed by atoms with E-state index in [1.54, 1.807) is 18.3 Å². The Labute approximate surface area is 186 Å². The van der Waals surface area contributed by atoms with Crippen LogP contribution in [0.25, 0.3) is 10.9 Å². The largest absolute Gasteiger partial charge is 0.478 e. The molecule has 1 aliphatic rings. The van der Waals surface area contributed by atoms with Crippen LogP contribution in [0.5, 0.6) is 0 Å². The monoisotopic (exact) mass is 427 g/mol. The number of hydrogen-bond donors (Lipinski definition) is 2. The van der Waals surface area contributed by atoms with Gasteiger partial charge in [0.1, 0.15) is 11.4 Å². The molecule has 0 spiro atoms. The number of hydrogen-bond acceptors (Lipinski definition) is 5. The van der Waals surface area contributed by atoms with Gasteiger partial charge in [0.2, 0.25) is 0 Å². The lowest BCUT2D eigenvalue weighted by atomic mass is 9.95. The van der Waals surface area contributed by atoms with Crippen LogP contribution in [-0.2, 0) is 0 Å². The quantitative estimate of drug-likeness (QED) is 0.464. The molecule has 1 fully saturated rings. The Morgan fingerprint density at radius 1 is 1.09 bits per heavy atom. The van der Waals surface area contributed by atoms with Crippen LogP contribution in [0.4, 0.5) is 17.2 Å². The Kier molecular flexibility index (Phi) is 5.46. The van der Waals surface area contributed by atoms with E-state index < -0.39 is 5.97 Å². The van der Waals surface area contributed by atoms with Gasteiger partial charge in [0.15, 0.2) is 0 Å². The van der Waals surface area contributed by atoms with E-state index in [1.165, 1.54) is 5.69 Å². The third kappa shape index (κ3) is 4.01. The number of H-pyrrole nitrogens is 1. The maximum atomic E-state index is 11.9. The summed E-state index contributed by atoms with van der Waals surface area (Å²) in [6.07, 6.45) is 9.28. The minimum Gasteiger partial charge on any atom is -0.478 e. The molecular formula is C25H25N5O2. The molecule has 1 saturated heterocycles. The normalized spacial score (nSPS) is 14.6. The van der Waals surface area contributed by atoms with Crippen molar-refractivity contribution in [2.75, 3.05) is 29.4 Å². The van der Waals surface area contributed by atoms with E-state index in [2.05, 4.69) is 36.9 Å². The predicted molar refractivity (Wildman–Crippen MR) is 126 cm³/mol. The molecule has 1 aliphatic heterocycles. The van der Waals surface area contributed by atoms with Crippen molar-refractivity contribution in [3.63, 3.8) is 0 Å². The van der Waals surface area contributed by atoms with E-state index in [0.29, 0.717) is 18.3 Å². The number of fused-ring (bicyclic) bond motifs is 1. The lowest BCUT2D eigenvalue weighted by molar-refractivity contribution is 0.0697. The molecule has 0 unspecified atom stereocenters. The number of rotatable bonds is 6. The fourth-order valence-electron chi connectivity index (χ4n) is 4.48. The first kappa shape index (κ1) is 20.1. The maximum Gasteiger partial charge on any atom is 0.339 e. The molecule has 0 atom stereocenters. The molecular weight excluding hydrogens is 402 g/mol. The van der Waals surface area contributed by atoms with Crippen molar-refractivity contribution < 1.29 is 9.90 Å². The summed E-state index contributed by atoms with van der Waals surface area (Å²) in [6, 6.07) is 15.6. The molecule has 7 heteroatoms. The number of nitrogens with one attached hydrogen (secondary N) is 1. The van der Waals surface area contributed by atoms with Crippen molar-refractivity contribution >= 4 is 34.1 Å². The smallest absolute Gasteiger partial charge is 0.339 e. The number of carboxylic acids is 1. The van der Waals surface area contributed by atoms with E-state index in [1.807, 2.05) is 42.9 Å². The third-order valence-corrected chi connectivity index (χ3v) is 6.21. The molecule has 162 valence electrons. The van der Waals surface area contributed by atoms with Crippen molar-refractivity contribution in [2.24, 2.45) is 5.92 Å². The molecule has 3 aromatic heterocycles. The molecule has 5 rings (SSSR count). The van der Waals surface area contributed by atoms with Crippen molar-refractivity contribution in [3.05, 3.63) is 78.9 Å². The lowest BCUT2D eigenvalue weighted by Gasteiger charge is -2.36. The highest BCUT2D eigenvalue weighted by molar-refractivity contribution is 5.95. The Morgan fingerprint density at radius 3 is 2.69 bits per heavy atom. The van der Waals surface area contributed by atoms with Crippen LogP contribution >= 0.6 is 0 Å². The Morgan fingerprint density at radius 2 is 1.91 bits per heavy atom. The van der Waals surface area contributed by atoms with Gasteiger partial charge >= 0.3 is 5.97 Å². The Balaban J connectivity index is 1.42. The third-order valence-electron chi connectivity index (χ3n) is 6.21. The van der Waals surface area contributed by atoms with Gasteiger partial charge in [-0.15, -0.1) is 0 Å². The molecule has 4 aromatic rings. The van der Waals surface area contributed by atoms with Gasteiger partial charge in [0, 0.05) is 61.3 Å². The fraction of sp³-hybridized carbons (Fsp3) is 0.240. The average molecular weight is 428 g/mol. The molecule has 7 nitrogen and oxygen atoms in total.